The highest BCUT2D eigenvalue weighted by Crippen LogP contribution is 2.16. The molecule has 216 valence electrons. The highest BCUT2D eigenvalue weighted by molar-refractivity contribution is 5.18. The maximum absolute atomic E-state index is 2.56. The molecule has 2 atom stereocenters. The molecule has 0 fully saturated rings. The Labute approximate surface area is 237 Å². The SMILES string of the molecule is C1=CC2=C[NH+](C1)CCCCCCCCCCCCCCC1=C[NH+](CC=C1)CCCCCCCCCCCC2. The van der Waals surface area contributed by atoms with Crippen LogP contribution in [0.2, 0.25) is 0 Å². The van der Waals surface area contributed by atoms with E-state index in [1.54, 1.807) is 20.9 Å². The summed E-state index contributed by atoms with van der Waals surface area (Å²) >= 11 is 0. The van der Waals surface area contributed by atoms with Crippen molar-refractivity contribution in [2.45, 2.75) is 154 Å². The third kappa shape index (κ3) is 15.5. The lowest BCUT2D eigenvalue weighted by Gasteiger charge is -2.18. The largest absolute Gasteiger partial charge is 0.305 e. The molecule has 0 amide bonds. The minimum absolute atomic E-state index is 1.20. The van der Waals surface area contributed by atoms with Crippen molar-refractivity contribution in [3.05, 3.63) is 47.9 Å². The van der Waals surface area contributed by atoms with Crippen molar-refractivity contribution in [3.8, 4) is 0 Å². The number of hydrogen-bond acceptors (Lipinski definition) is 0. The first-order valence-electron chi connectivity index (χ1n) is 17.3. The molecule has 0 saturated heterocycles. The molecule has 2 heteroatoms. The highest BCUT2D eigenvalue weighted by atomic mass is 15.1. The topological polar surface area (TPSA) is 8.88 Å². The molecular formula is C36H64N2+2. The van der Waals surface area contributed by atoms with Gasteiger partial charge in [-0.2, -0.15) is 0 Å². The van der Waals surface area contributed by atoms with E-state index in [9.17, 15) is 0 Å². The van der Waals surface area contributed by atoms with Crippen molar-refractivity contribution < 1.29 is 9.80 Å². The molecule has 3 heterocycles. The molecular weight excluding hydrogens is 460 g/mol. The van der Waals surface area contributed by atoms with Crippen LogP contribution in [-0.2, 0) is 0 Å². The Kier molecular flexibility index (Phi) is 17.9. The normalized spacial score (nSPS) is 27.8. The van der Waals surface area contributed by atoms with Crippen LogP contribution in [0, 0.1) is 0 Å². The Morgan fingerprint density at radius 3 is 0.974 bits per heavy atom. The van der Waals surface area contributed by atoms with Gasteiger partial charge in [-0.15, -0.1) is 0 Å². The lowest BCUT2D eigenvalue weighted by atomic mass is 10.0. The number of fused-ring (bicyclic) bond motifs is 2. The summed E-state index contributed by atoms with van der Waals surface area (Å²) in [5.74, 6) is 0. The maximum Gasteiger partial charge on any atom is 0.100 e. The van der Waals surface area contributed by atoms with Crippen molar-refractivity contribution in [3.63, 3.8) is 0 Å². The zero-order valence-corrected chi connectivity index (χ0v) is 25.3. The molecule has 2 unspecified atom stereocenters. The predicted octanol–water partition coefficient (Wildman–Crippen LogP) is 8.04. The van der Waals surface area contributed by atoms with E-state index in [-0.39, 0.29) is 0 Å². The number of rotatable bonds is 0. The van der Waals surface area contributed by atoms with Gasteiger partial charge >= 0.3 is 0 Å². The second kappa shape index (κ2) is 21.7. The third-order valence-electron chi connectivity index (χ3n) is 9.13. The molecule has 38 heavy (non-hydrogen) atoms. The standard InChI is InChI=1S/C36H62N2/c1-2-5-9-13-17-21-29-37-31-24-28-36(34-37)26-20-16-12-8-4-6-10-14-18-22-30-38-32-23-27-35(33-38)25-19-15-11-7-3-1/h23-24,27-28,33-34H,1-22,25-26,29-32H2/p+2. The van der Waals surface area contributed by atoms with Gasteiger partial charge in [-0.05, 0) is 63.5 Å². The van der Waals surface area contributed by atoms with Crippen LogP contribution in [0.4, 0.5) is 0 Å². The number of hydrogen-bond donors (Lipinski definition) is 2. The first-order chi connectivity index (χ1) is 18.9. The summed E-state index contributed by atoms with van der Waals surface area (Å²) in [4.78, 5) is 3.39. The van der Waals surface area contributed by atoms with Gasteiger partial charge in [0.15, 0.2) is 0 Å². The predicted molar refractivity (Wildman–Crippen MR) is 167 cm³/mol. The van der Waals surface area contributed by atoms with Crippen LogP contribution in [0.25, 0.3) is 0 Å². The van der Waals surface area contributed by atoms with Crippen molar-refractivity contribution >= 4 is 0 Å². The van der Waals surface area contributed by atoms with Gasteiger partial charge in [0.05, 0.1) is 25.5 Å². The van der Waals surface area contributed by atoms with E-state index in [2.05, 4.69) is 36.7 Å². The summed E-state index contributed by atoms with van der Waals surface area (Å²) in [6.45, 7) is 5.08. The fourth-order valence-electron chi connectivity index (χ4n) is 6.67. The molecule has 3 aliphatic heterocycles. The molecule has 0 aromatic heterocycles. The van der Waals surface area contributed by atoms with Crippen LogP contribution in [0.15, 0.2) is 47.9 Å². The van der Waals surface area contributed by atoms with Gasteiger partial charge in [-0.1, -0.05) is 115 Å². The Balaban J connectivity index is 1.31. The van der Waals surface area contributed by atoms with Crippen LogP contribution < -0.4 is 9.80 Å². The molecule has 2 N–H and O–H groups in total. The van der Waals surface area contributed by atoms with E-state index in [4.69, 9.17) is 0 Å². The summed E-state index contributed by atoms with van der Waals surface area (Å²) in [7, 11) is 0. The summed E-state index contributed by atoms with van der Waals surface area (Å²) in [6.07, 6.45) is 49.0. The van der Waals surface area contributed by atoms with E-state index < -0.39 is 0 Å². The van der Waals surface area contributed by atoms with Gasteiger partial charge < -0.3 is 9.80 Å². The van der Waals surface area contributed by atoms with Gasteiger partial charge in [-0.25, -0.2) is 0 Å². The quantitative estimate of drug-likeness (QED) is 0.317. The van der Waals surface area contributed by atoms with Crippen LogP contribution in [-0.4, -0.2) is 26.2 Å². The monoisotopic (exact) mass is 525 g/mol. The van der Waals surface area contributed by atoms with Crippen molar-refractivity contribution in [1.82, 2.24) is 0 Å². The van der Waals surface area contributed by atoms with E-state index >= 15 is 0 Å². The van der Waals surface area contributed by atoms with E-state index in [1.165, 1.54) is 180 Å². The summed E-state index contributed by atoms with van der Waals surface area (Å²) < 4.78 is 0. The van der Waals surface area contributed by atoms with E-state index in [1.807, 2.05) is 0 Å². The van der Waals surface area contributed by atoms with Crippen molar-refractivity contribution in [1.29, 1.82) is 0 Å². The Morgan fingerprint density at radius 2 is 0.632 bits per heavy atom. The molecule has 3 aliphatic rings. The summed E-state index contributed by atoms with van der Waals surface area (Å²) in [5.41, 5.74) is 3.21. The second-order valence-corrected chi connectivity index (χ2v) is 12.7. The molecule has 0 aliphatic carbocycles. The van der Waals surface area contributed by atoms with Gasteiger partial charge in [0.1, 0.15) is 13.1 Å². The molecule has 0 saturated carbocycles. The van der Waals surface area contributed by atoms with Gasteiger partial charge in [0.2, 0.25) is 0 Å². The molecule has 0 aromatic rings. The zero-order valence-electron chi connectivity index (χ0n) is 25.3. The third-order valence-corrected chi connectivity index (χ3v) is 9.13. The van der Waals surface area contributed by atoms with Crippen molar-refractivity contribution in [2.75, 3.05) is 26.2 Å². The average molecular weight is 525 g/mol. The summed E-state index contributed by atoms with van der Waals surface area (Å²) in [6, 6.07) is 0. The number of quaternary nitrogens is 2. The molecule has 0 spiro atoms. The molecule has 3 rings (SSSR count). The Morgan fingerprint density at radius 1 is 0.342 bits per heavy atom. The molecule has 0 radical (unpaired) electrons. The average Bonchev–Trinajstić information content (AvgIpc) is 2.94. The number of allylic oxidation sites excluding steroid dienone is 4. The lowest BCUT2D eigenvalue weighted by molar-refractivity contribution is -0.842. The maximum atomic E-state index is 2.56. The first-order valence-corrected chi connectivity index (χ1v) is 17.3. The molecule has 4 bridgehead atoms. The summed E-state index contributed by atoms with van der Waals surface area (Å²) in [5, 5.41) is 0. The van der Waals surface area contributed by atoms with Crippen LogP contribution in [0.5, 0.6) is 0 Å². The lowest BCUT2D eigenvalue weighted by Crippen LogP contribution is -3.07. The van der Waals surface area contributed by atoms with E-state index in [0.717, 1.165) is 0 Å². The second-order valence-electron chi connectivity index (χ2n) is 12.7. The highest BCUT2D eigenvalue weighted by Gasteiger charge is 2.11. The van der Waals surface area contributed by atoms with E-state index in [0.29, 0.717) is 0 Å². The minimum atomic E-state index is 1.20. The zero-order chi connectivity index (χ0) is 26.4. The Hall–Kier alpha value is -1.12. The Bertz CT molecular complexity index is 700. The fraction of sp³-hybridized carbons (Fsp3) is 0.778. The molecule has 2 nitrogen and oxygen atoms in total. The first kappa shape index (κ1) is 31.4. The number of nitrogens with one attached hydrogen (secondary N) is 2. The molecule has 0 aromatic carbocycles. The van der Waals surface area contributed by atoms with Crippen LogP contribution in [0.1, 0.15) is 154 Å². The van der Waals surface area contributed by atoms with Crippen LogP contribution in [0.3, 0.4) is 0 Å². The van der Waals surface area contributed by atoms with Gasteiger partial charge in [-0.3, -0.25) is 0 Å². The van der Waals surface area contributed by atoms with Gasteiger partial charge in [0, 0.05) is 11.1 Å². The fourth-order valence-corrected chi connectivity index (χ4v) is 6.67. The van der Waals surface area contributed by atoms with Crippen LogP contribution >= 0.6 is 0 Å². The smallest absolute Gasteiger partial charge is 0.100 e. The van der Waals surface area contributed by atoms with Crippen molar-refractivity contribution in [2.24, 2.45) is 0 Å². The minimum Gasteiger partial charge on any atom is -0.305 e. The van der Waals surface area contributed by atoms with Gasteiger partial charge in [0.25, 0.3) is 0 Å².